The van der Waals surface area contributed by atoms with Gasteiger partial charge in [0.1, 0.15) is 16.1 Å². The second-order valence-corrected chi connectivity index (χ2v) is 9.11. The van der Waals surface area contributed by atoms with Crippen LogP contribution in [-0.4, -0.2) is 38.1 Å². The van der Waals surface area contributed by atoms with E-state index in [0.29, 0.717) is 5.49 Å². The largest absolute Gasteiger partial charge is 0.495 e. The number of ether oxygens (including phenoxy) is 1. The number of aromatic nitrogens is 1. The van der Waals surface area contributed by atoms with Crippen LogP contribution in [0.1, 0.15) is 49.9 Å². The molecule has 0 atom stereocenters. The van der Waals surface area contributed by atoms with Crippen molar-refractivity contribution in [3.8, 4) is 5.75 Å². The molecule has 1 N–H and O–H groups in total. The monoisotopic (exact) mass is 417 g/mol. The summed E-state index contributed by atoms with van der Waals surface area (Å²) in [6, 6.07) is 9.68. The van der Waals surface area contributed by atoms with Gasteiger partial charge in [-0.05, 0) is 57.0 Å². The van der Waals surface area contributed by atoms with Gasteiger partial charge in [-0.3, -0.25) is 14.4 Å². The molecule has 0 saturated heterocycles. The Morgan fingerprint density at radius 1 is 1.21 bits per heavy atom. The van der Waals surface area contributed by atoms with E-state index >= 15 is 0 Å². The quantitative estimate of drug-likeness (QED) is 0.783. The second-order valence-electron chi connectivity index (χ2n) is 7.43. The molecule has 156 valence electrons. The minimum absolute atomic E-state index is 0.0128. The molecule has 0 radical (unpaired) electrons. The molecule has 1 heterocycles. The number of rotatable bonds is 6. The molecule has 0 bridgehead atoms. The molecule has 7 nitrogen and oxygen atoms in total. The van der Waals surface area contributed by atoms with Crippen molar-refractivity contribution in [1.82, 2.24) is 9.29 Å². The molecular weight excluding hydrogens is 390 g/mol. The SMILES string of the molecule is COc1ccc(C(=O)n2ccccc2=NC(C)C)cc1S(=O)(=O)NC1CCCC1. The maximum Gasteiger partial charge on any atom is 0.263 e. The number of nitrogens with one attached hydrogen (secondary N) is 1. The zero-order chi connectivity index (χ0) is 21.0. The summed E-state index contributed by atoms with van der Waals surface area (Å²) in [6.07, 6.45) is 5.28. The van der Waals surface area contributed by atoms with Gasteiger partial charge in [-0.1, -0.05) is 18.9 Å². The number of nitrogens with zero attached hydrogens (tertiary/aromatic N) is 2. The predicted octanol–water partition coefficient (Wildman–Crippen LogP) is 2.72. The van der Waals surface area contributed by atoms with E-state index in [9.17, 15) is 13.2 Å². The summed E-state index contributed by atoms with van der Waals surface area (Å²) >= 11 is 0. The number of methoxy groups -OCH3 is 1. The zero-order valence-electron chi connectivity index (χ0n) is 17.0. The standard InChI is InChI=1S/C21H27N3O4S/c1-15(2)22-20-10-6-7-13-24(20)21(25)16-11-12-18(28-3)19(14-16)29(26,27)23-17-8-4-5-9-17/h6-7,10-15,17,23H,4-5,8-9H2,1-3H3. The molecule has 1 fully saturated rings. The highest BCUT2D eigenvalue weighted by molar-refractivity contribution is 7.89. The Labute approximate surface area is 171 Å². The van der Waals surface area contributed by atoms with Gasteiger partial charge >= 0.3 is 0 Å². The fourth-order valence-corrected chi connectivity index (χ4v) is 4.96. The number of sulfonamides is 1. The highest BCUT2D eigenvalue weighted by atomic mass is 32.2. The van der Waals surface area contributed by atoms with Gasteiger partial charge in [-0.2, -0.15) is 0 Å². The van der Waals surface area contributed by atoms with E-state index in [1.165, 1.54) is 23.8 Å². The highest BCUT2D eigenvalue weighted by Gasteiger charge is 2.27. The van der Waals surface area contributed by atoms with E-state index in [0.717, 1.165) is 25.7 Å². The summed E-state index contributed by atoms with van der Waals surface area (Å²) < 4.78 is 35.3. The molecule has 0 aliphatic heterocycles. The van der Waals surface area contributed by atoms with Crippen LogP contribution in [0.25, 0.3) is 0 Å². The molecule has 1 aliphatic rings. The second kappa shape index (κ2) is 8.92. The van der Waals surface area contributed by atoms with Gasteiger partial charge in [0.25, 0.3) is 5.91 Å². The molecule has 1 aromatic heterocycles. The Kier molecular flexibility index (Phi) is 6.54. The lowest BCUT2D eigenvalue weighted by atomic mass is 10.2. The topological polar surface area (TPSA) is 89.8 Å². The first-order valence-electron chi connectivity index (χ1n) is 9.78. The summed E-state index contributed by atoms with van der Waals surface area (Å²) in [5.41, 5.74) is 0.755. The molecule has 8 heteroatoms. The van der Waals surface area contributed by atoms with Crippen LogP contribution in [0.15, 0.2) is 52.5 Å². The first kappa shape index (κ1) is 21.3. The molecule has 1 aromatic carbocycles. The lowest BCUT2D eigenvalue weighted by Crippen LogP contribution is -2.33. The summed E-state index contributed by atoms with van der Waals surface area (Å²) in [7, 11) is -2.40. The maximum atomic E-state index is 13.1. The fraction of sp³-hybridized carbons (Fsp3) is 0.429. The first-order chi connectivity index (χ1) is 13.8. The van der Waals surface area contributed by atoms with Crippen molar-refractivity contribution in [3.63, 3.8) is 0 Å². The number of pyridine rings is 1. The summed E-state index contributed by atoms with van der Waals surface area (Å²) in [4.78, 5) is 17.6. The average molecular weight is 418 g/mol. The van der Waals surface area contributed by atoms with E-state index in [1.807, 2.05) is 13.8 Å². The van der Waals surface area contributed by atoms with Crippen LogP contribution >= 0.6 is 0 Å². The minimum Gasteiger partial charge on any atom is -0.495 e. The van der Waals surface area contributed by atoms with E-state index in [4.69, 9.17) is 4.74 Å². The highest BCUT2D eigenvalue weighted by Crippen LogP contribution is 2.27. The van der Waals surface area contributed by atoms with Gasteiger partial charge < -0.3 is 4.74 Å². The van der Waals surface area contributed by atoms with Crippen molar-refractivity contribution in [2.75, 3.05) is 7.11 Å². The van der Waals surface area contributed by atoms with Crippen LogP contribution in [0.2, 0.25) is 0 Å². The molecule has 0 unspecified atom stereocenters. The third-order valence-electron chi connectivity index (χ3n) is 4.82. The summed E-state index contributed by atoms with van der Waals surface area (Å²) in [5, 5.41) is 0. The molecule has 3 rings (SSSR count). The Hall–Kier alpha value is -2.45. The van der Waals surface area contributed by atoms with E-state index < -0.39 is 10.0 Å². The maximum absolute atomic E-state index is 13.1. The number of benzene rings is 1. The smallest absolute Gasteiger partial charge is 0.263 e. The van der Waals surface area contributed by atoms with Crippen molar-refractivity contribution in [1.29, 1.82) is 0 Å². The van der Waals surface area contributed by atoms with Crippen LogP contribution < -0.4 is 14.9 Å². The first-order valence-corrected chi connectivity index (χ1v) is 11.3. The van der Waals surface area contributed by atoms with Crippen LogP contribution in [-0.2, 0) is 10.0 Å². The Morgan fingerprint density at radius 2 is 1.93 bits per heavy atom. The number of carbonyl (C=O) groups is 1. The third kappa shape index (κ3) is 4.94. The van der Waals surface area contributed by atoms with Gasteiger partial charge in [-0.15, -0.1) is 0 Å². The number of carbonyl (C=O) groups excluding carboxylic acids is 1. The third-order valence-corrected chi connectivity index (χ3v) is 6.37. The van der Waals surface area contributed by atoms with Crippen LogP contribution in [0.3, 0.4) is 0 Å². The Bertz CT molecular complexity index is 1050. The van der Waals surface area contributed by atoms with Crippen LogP contribution in [0, 0.1) is 0 Å². The average Bonchev–Trinajstić information content (AvgIpc) is 3.19. The van der Waals surface area contributed by atoms with Crippen LogP contribution in [0.4, 0.5) is 0 Å². The van der Waals surface area contributed by atoms with E-state index in [-0.39, 0.29) is 34.2 Å². The fourth-order valence-electron chi connectivity index (χ4n) is 3.46. The van der Waals surface area contributed by atoms with Crippen molar-refractivity contribution >= 4 is 15.9 Å². The molecule has 2 aromatic rings. The van der Waals surface area contributed by atoms with Crippen LogP contribution in [0.5, 0.6) is 5.75 Å². The molecule has 1 aliphatic carbocycles. The molecule has 0 spiro atoms. The predicted molar refractivity (Wildman–Crippen MR) is 110 cm³/mol. The Balaban J connectivity index is 2.02. The van der Waals surface area contributed by atoms with Gasteiger partial charge in [0.05, 0.1) is 7.11 Å². The van der Waals surface area contributed by atoms with E-state index in [2.05, 4.69) is 9.71 Å². The van der Waals surface area contributed by atoms with Crippen molar-refractivity contribution < 1.29 is 17.9 Å². The molecule has 29 heavy (non-hydrogen) atoms. The normalized spacial score (nSPS) is 15.8. The summed E-state index contributed by atoms with van der Waals surface area (Å²) in [6.45, 7) is 3.85. The summed E-state index contributed by atoms with van der Waals surface area (Å²) in [5.74, 6) is -0.151. The lowest BCUT2D eigenvalue weighted by Gasteiger charge is -2.16. The minimum atomic E-state index is -3.81. The van der Waals surface area contributed by atoms with Gasteiger partial charge in [0.2, 0.25) is 10.0 Å². The van der Waals surface area contributed by atoms with E-state index in [1.54, 1.807) is 30.5 Å². The van der Waals surface area contributed by atoms with Gasteiger partial charge in [0, 0.05) is 23.8 Å². The lowest BCUT2D eigenvalue weighted by molar-refractivity contribution is 0.0954. The van der Waals surface area contributed by atoms with Gasteiger partial charge in [-0.25, -0.2) is 13.1 Å². The molecular formula is C21H27N3O4S. The number of hydrogen-bond acceptors (Lipinski definition) is 5. The Morgan fingerprint density at radius 3 is 2.59 bits per heavy atom. The zero-order valence-corrected chi connectivity index (χ0v) is 17.8. The van der Waals surface area contributed by atoms with Gasteiger partial charge in [0.15, 0.2) is 0 Å². The number of hydrogen-bond donors (Lipinski definition) is 1. The van der Waals surface area contributed by atoms with Crippen molar-refractivity contribution in [2.24, 2.45) is 4.99 Å². The molecule has 0 amide bonds. The van der Waals surface area contributed by atoms with Crippen molar-refractivity contribution in [3.05, 3.63) is 53.6 Å². The van der Waals surface area contributed by atoms with Crippen molar-refractivity contribution in [2.45, 2.75) is 56.5 Å². The molecule has 1 saturated carbocycles.